The number of methoxy groups -OCH3 is 2. The number of carbonyl (C=O) groups excluding carboxylic acids is 1. The van der Waals surface area contributed by atoms with Crippen molar-refractivity contribution in [1.82, 2.24) is 9.97 Å². The standard InChI is InChI=1S/C22H27IN4O3/c1-22(2)18-19(26-9-7-15(23)8-10-26)24-13-25-20(18)27(21(22)28)12-14-5-6-16(29-3)11-17(14)30-4/h5-6,11,13,15H,7-10,12H2,1-4H3. The molecular formula is C22H27IN4O3. The maximum absolute atomic E-state index is 13.5. The molecule has 1 aromatic heterocycles. The molecule has 0 spiro atoms. The van der Waals surface area contributed by atoms with Gasteiger partial charge in [0.1, 0.15) is 29.5 Å². The molecule has 1 saturated heterocycles. The smallest absolute Gasteiger partial charge is 0.238 e. The van der Waals surface area contributed by atoms with Crippen molar-refractivity contribution in [2.24, 2.45) is 0 Å². The Morgan fingerprint density at radius 3 is 2.50 bits per heavy atom. The third-order valence-corrected chi connectivity index (χ3v) is 7.26. The largest absolute Gasteiger partial charge is 0.497 e. The summed E-state index contributed by atoms with van der Waals surface area (Å²) in [6.45, 7) is 6.23. The summed E-state index contributed by atoms with van der Waals surface area (Å²) < 4.78 is 11.5. The summed E-state index contributed by atoms with van der Waals surface area (Å²) in [5.74, 6) is 3.02. The number of rotatable bonds is 5. The van der Waals surface area contributed by atoms with Crippen LogP contribution in [-0.2, 0) is 16.8 Å². The number of nitrogens with zero attached hydrogens (tertiary/aromatic N) is 4. The molecule has 3 heterocycles. The Morgan fingerprint density at radius 2 is 1.83 bits per heavy atom. The van der Waals surface area contributed by atoms with Gasteiger partial charge in [0.25, 0.3) is 0 Å². The number of hydrogen-bond acceptors (Lipinski definition) is 6. The molecule has 0 aliphatic carbocycles. The SMILES string of the molecule is COc1ccc(CN2C(=O)C(C)(C)c3c(N4CCC(I)CC4)ncnc32)c(OC)c1. The van der Waals surface area contributed by atoms with Crippen LogP contribution in [0.5, 0.6) is 11.5 Å². The number of aromatic nitrogens is 2. The lowest BCUT2D eigenvalue weighted by Crippen LogP contribution is -2.38. The van der Waals surface area contributed by atoms with E-state index in [-0.39, 0.29) is 5.91 Å². The van der Waals surface area contributed by atoms with Gasteiger partial charge in [0.15, 0.2) is 0 Å². The fraction of sp³-hybridized carbons (Fsp3) is 0.500. The van der Waals surface area contributed by atoms with Crippen molar-refractivity contribution >= 4 is 40.1 Å². The first kappa shape index (κ1) is 21.1. The van der Waals surface area contributed by atoms with E-state index in [4.69, 9.17) is 9.47 Å². The summed E-state index contributed by atoms with van der Waals surface area (Å²) >= 11 is 2.52. The number of piperidine rings is 1. The van der Waals surface area contributed by atoms with Gasteiger partial charge < -0.3 is 14.4 Å². The van der Waals surface area contributed by atoms with Crippen LogP contribution < -0.4 is 19.3 Å². The predicted molar refractivity (Wildman–Crippen MR) is 125 cm³/mol. The maximum Gasteiger partial charge on any atom is 0.238 e. The van der Waals surface area contributed by atoms with E-state index in [1.54, 1.807) is 25.4 Å². The van der Waals surface area contributed by atoms with Gasteiger partial charge in [0.05, 0.1) is 31.7 Å². The van der Waals surface area contributed by atoms with Crippen LogP contribution in [0.3, 0.4) is 0 Å². The molecule has 1 amide bonds. The molecule has 2 aliphatic heterocycles. The van der Waals surface area contributed by atoms with Gasteiger partial charge in [0.2, 0.25) is 5.91 Å². The van der Waals surface area contributed by atoms with Crippen molar-refractivity contribution in [3.05, 3.63) is 35.7 Å². The van der Waals surface area contributed by atoms with Crippen LogP contribution in [-0.4, -0.2) is 47.1 Å². The Kier molecular flexibility index (Phi) is 5.78. The minimum atomic E-state index is -0.688. The number of hydrogen-bond donors (Lipinski definition) is 0. The Morgan fingerprint density at radius 1 is 1.13 bits per heavy atom. The van der Waals surface area contributed by atoms with Crippen LogP contribution in [0.1, 0.15) is 37.8 Å². The third kappa shape index (κ3) is 3.59. The predicted octanol–water partition coefficient (Wildman–Crippen LogP) is 3.72. The van der Waals surface area contributed by atoms with Gasteiger partial charge in [-0.25, -0.2) is 9.97 Å². The summed E-state index contributed by atoms with van der Waals surface area (Å²) in [5.41, 5.74) is 1.14. The number of fused-ring (bicyclic) bond motifs is 1. The van der Waals surface area contributed by atoms with E-state index in [0.29, 0.717) is 27.8 Å². The molecule has 0 atom stereocenters. The Hall–Kier alpha value is -2.10. The minimum absolute atomic E-state index is 0.0286. The van der Waals surface area contributed by atoms with Crippen molar-refractivity contribution < 1.29 is 14.3 Å². The molecule has 0 radical (unpaired) electrons. The maximum atomic E-state index is 13.5. The molecule has 0 saturated carbocycles. The average molecular weight is 522 g/mol. The zero-order valence-corrected chi connectivity index (χ0v) is 20.0. The molecular weight excluding hydrogens is 495 g/mol. The van der Waals surface area contributed by atoms with Gasteiger partial charge in [-0.05, 0) is 38.8 Å². The van der Waals surface area contributed by atoms with Gasteiger partial charge in [-0.2, -0.15) is 0 Å². The highest BCUT2D eigenvalue weighted by molar-refractivity contribution is 14.1. The van der Waals surface area contributed by atoms with Gasteiger partial charge in [0, 0.05) is 28.6 Å². The molecule has 0 bridgehead atoms. The molecule has 30 heavy (non-hydrogen) atoms. The topological polar surface area (TPSA) is 67.8 Å². The van der Waals surface area contributed by atoms with E-state index in [2.05, 4.69) is 37.5 Å². The van der Waals surface area contributed by atoms with Crippen molar-refractivity contribution in [2.75, 3.05) is 37.1 Å². The summed E-state index contributed by atoms with van der Waals surface area (Å²) in [7, 11) is 3.25. The number of anilines is 2. The van der Waals surface area contributed by atoms with E-state index < -0.39 is 5.41 Å². The normalized spacial score (nSPS) is 18.5. The van der Waals surface area contributed by atoms with Gasteiger partial charge in [-0.1, -0.05) is 22.6 Å². The zero-order chi connectivity index (χ0) is 21.5. The van der Waals surface area contributed by atoms with Crippen LogP contribution in [0.2, 0.25) is 0 Å². The molecule has 8 heteroatoms. The van der Waals surface area contributed by atoms with Gasteiger partial charge in [-0.3, -0.25) is 9.69 Å². The molecule has 1 fully saturated rings. The first-order valence-electron chi connectivity index (χ1n) is 10.1. The van der Waals surface area contributed by atoms with Gasteiger partial charge >= 0.3 is 0 Å². The fourth-order valence-corrected chi connectivity index (χ4v) is 4.83. The summed E-state index contributed by atoms with van der Waals surface area (Å²) in [4.78, 5) is 26.7. The van der Waals surface area contributed by atoms with E-state index in [0.717, 1.165) is 42.9 Å². The molecule has 7 nitrogen and oxygen atoms in total. The van der Waals surface area contributed by atoms with Crippen molar-refractivity contribution in [3.63, 3.8) is 0 Å². The quantitative estimate of drug-likeness (QED) is 0.441. The highest BCUT2D eigenvalue weighted by Gasteiger charge is 2.48. The second-order valence-electron chi connectivity index (χ2n) is 8.25. The second-order valence-corrected chi connectivity index (χ2v) is 10.0. The fourth-order valence-electron chi connectivity index (χ4n) is 4.27. The first-order valence-corrected chi connectivity index (χ1v) is 11.4. The summed E-state index contributed by atoms with van der Waals surface area (Å²) in [6.07, 6.45) is 3.83. The highest BCUT2D eigenvalue weighted by Crippen LogP contribution is 2.46. The van der Waals surface area contributed by atoms with E-state index in [9.17, 15) is 4.79 Å². The summed E-state index contributed by atoms with van der Waals surface area (Å²) in [5, 5.41) is 0. The lowest BCUT2D eigenvalue weighted by Gasteiger charge is -2.33. The zero-order valence-electron chi connectivity index (χ0n) is 17.8. The minimum Gasteiger partial charge on any atom is -0.497 e. The molecule has 160 valence electrons. The Labute approximate surface area is 190 Å². The molecule has 4 rings (SSSR count). The van der Waals surface area contributed by atoms with E-state index in [1.807, 2.05) is 32.0 Å². The molecule has 2 aromatic rings. The number of ether oxygens (including phenoxy) is 2. The molecule has 0 unspecified atom stereocenters. The lowest BCUT2D eigenvalue weighted by molar-refractivity contribution is -0.122. The third-order valence-electron chi connectivity index (χ3n) is 6.01. The average Bonchev–Trinajstić information content (AvgIpc) is 2.95. The van der Waals surface area contributed by atoms with Crippen LogP contribution in [0, 0.1) is 0 Å². The van der Waals surface area contributed by atoms with Crippen molar-refractivity contribution in [1.29, 1.82) is 0 Å². The Bertz CT molecular complexity index is 957. The molecule has 0 N–H and O–H groups in total. The molecule has 2 aliphatic rings. The number of alkyl halides is 1. The van der Waals surface area contributed by atoms with Gasteiger partial charge in [-0.15, -0.1) is 0 Å². The summed E-state index contributed by atoms with van der Waals surface area (Å²) in [6, 6.07) is 5.65. The number of amides is 1. The second kappa shape index (κ2) is 8.20. The number of halogens is 1. The highest BCUT2D eigenvalue weighted by atomic mass is 127. The first-order chi connectivity index (χ1) is 14.4. The number of benzene rings is 1. The van der Waals surface area contributed by atoms with Crippen LogP contribution in [0.4, 0.5) is 11.6 Å². The van der Waals surface area contributed by atoms with Crippen LogP contribution >= 0.6 is 22.6 Å². The molecule has 1 aromatic carbocycles. The van der Waals surface area contributed by atoms with Crippen LogP contribution in [0.15, 0.2) is 24.5 Å². The monoisotopic (exact) mass is 522 g/mol. The van der Waals surface area contributed by atoms with Crippen molar-refractivity contribution in [2.45, 2.75) is 42.6 Å². The Balaban J connectivity index is 1.72. The van der Waals surface area contributed by atoms with E-state index in [1.165, 1.54) is 0 Å². The lowest BCUT2D eigenvalue weighted by atomic mass is 9.86. The number of carbonyl (C=O) groups is 1. The van der Waals surface area contributed by atoms with Crippen molar-refractivity contribution in [3.8, 4) is 11.5 Å². The van der Waals surface area contributed by atoms with Crippen LogP contribution in [0.25, 0.3) is 0 Å². The van der Waals surface area contributed by atoms with E-state index >= 15 is 0 Å².